The number of benzene rings is 3. The van der Waals surface area contributed by atoms with Crippen LogP contribution in [0.4, 0.5) is 10.2 Å². The van der Waals surface area contributed by atoms with Crippen molar-refractivity contribution in [1.82, 2.24) is 9.78 Å². The van der Waals surface area contributed by atoms with E-state index in [2.05, 4.69) is 10.4 Å². The molecule has 0 aliphatic carbocycles. The minimum absolute atomic E-state index is 0.144. The maximum Gasteiger partial charge on any atom is 0.256 e. The second-order valence-electron chi connectivity index (χ2n) is 7.33. The quantitative estimate of drug-likeness (QED) is 0.445. The molecule has 3 aromatic carbocycles. The van der Waals surface area contributed by atoms with Gasteiger partial charge in [-0.3, -0.25) is 9.59 Å². The van der Waals surface area contributed by atoms with Crippen molar-refractivity contribution in [3.63, 3.8) is 0 Å². The molecule has 4 aromatic rings. The van der Waals surface area contributed by atoms with Crippen molar-refractivity contribution in [2.45, 2.75) is 13.8 Å². The lowest BCUT2D eigenvalue weighted by Gasteiger charge is -2.19. The number of aryl methyl sites for hydroxylation is 2. The largest absolute Gasteiger partial charge is 0.306 e. The summed E-state index contributed by atoms with van der Waals surface area (Å²) < 4.78 is 15.0. The molecule has 0 radical (unpaired) electrons. The number of hydrogen-bond donors (Lipinski definition) is 1. The summed E-state index contributed by atoms with van der Waals surface area (Å²) in [6.07, 6.45) is 0. The zero-order chi connectivity index (χ0) is 22.8. The second kappa shape index (κ2) is 8.77. The molecule has 0 aliphatic heterocycles. The summed E-state index contributed by atoms with van der Waals surface area (Å²) in [5.74, 6) is -0.687. The van der Waals surface area contributed by atoms with Crippen molar-refractivity contribution in [1.29, 1.82) is 0 Å². The van der Waals surface area contributed by atoms with Crippen LogP contribution in [0.1, 0.15) is 21.6 Å². The van der Waals surface area contributed by atoms with E-state index >= 15 is 0 Å². The molecule has 0 spiro atoms. The highest BCUT2D eigenvalue weighted by Crippen LogP contribution is 2.32. The van der Waals surface area contributed by atoms with E-state index in [1.54, 1.807) is 43.3 Å². The Bertz CT molecular complexity index is 1360. The molecule has 1 heterocycles. The van der Waals surface area contributed by atoms with Gasteiger partial charge in [0.2, 0.25) is 5.43 Å². The van der Waals surface area contributed by atoms with E-state index < -0.39 is 11.7 Å². The van der Waals surface area contributed by atoms with Crippen molar-refractivity contribution >= 4 is 23.3 Å². The van der Waals surface area contributed by atoms with Crippen LogP contribution in [0.2, 0.25) is 5.02 Å². The summed E-state index contributed by atoms with van der Waals surface area (Å²) >= 11 is 6.41. The van der Waals surface area contributed by atoms with Gasteiger partial charge in [-0.05, 0) is 56.3 Å². The molecule has 0 atom stereocenters. The lowest BCUT2D eigenvalue weighted by atomic mass is 10.0. The number of aromatic nitrogens is 2. The summed E-state index contributed by atoms with van der Waals surface area (Å²) in [6, 6.07) is 19.5. The number of nitrogens with zero attached hydrogens (tertiary/aromatic N) is 2. The van der Waals surface area contributed by atoms with Crippen LogP contribution in [0.25, 0.3) is 16.8 Å². The third-order valence-electron chi connectivity index (χ3n) is 5.01. The SMILES string of the molecule is Cc1ccc(C(=O)Nc2c(-c3ccccc3Cl)c(=O)c(C)nn2-c2ccc(F)cc2)cc1. The van der Waals surface area contributed by atoms with Crippen molar-refractivity contribution in [3.05, 3.63) is 111 Å². The predicted octanol–water partition coefficient (Wildman–Crippen LogP) is 5.56. The van der Waals surface area contributed by atoms with Crippen LogP contribution in [-0.4, -0.2) is 15.7 Å². The van der Waals surface area contributed by atoms with Gasteiger partial charge in [0.1, 0.15) is 17.3 Å². The van der Waals surface area contributed by atoms with Crippen LogP contribution < -0.4 is 10.7 Å². The van der Waals surface area contributed by atoms with E-state index in [1.807, 2.05) is 19.1 Å². The molecule has 0 saturated heterocycles. The van der Waals surface area contributed by atoms with Gasteiger partial charge in [0.25, 0.3) is 5.91 Å². The normalized spacial score (nSPS) is 10.8. The van der Waals surface area contributed by atoms with Crippen LogP contribution in [0.5, 0.6) is 0 Å². The first-order chi connectivity index (χ1) is 15.3. The summed E-state index contributed by atoms with van der Waals surface area (Å²) in [5, 5.41) is 7.56. The third kappa shape index (κ3) is 4.18. The van der Waals surface area contributed by atoms with Gasteiger partial charge in [-0.15, -0.1) is 0 Å². The monoisotopic (exact) mass is 447 g/mol. The lowest BCUT2D eigenvalue weighted by Crippen LogP contribution is -2.25. The molecule has 0 bridgehead atoms. The number of carbonyl (C=O) groups is 1. The molecule has 5 nitrogen and oxygen atoms in total. The fourth-order valence-electron chi connectivity index (χ4n) is 3.32. The molecule has 0 fully saturated rings. The average molecular weight is 448 g/mol. The van der Waals surface area contributed by atoms with Crippen molar-refractivity contribution in [2.24, 2.45) is 0 Å². The summed E-state index contributed by atoms with van der Waals surface area (Å²) in [4.78, 5) is 26.3. The highest BCUT2D eigenvalue weighted by molar-refractivity contribution is 6.33. The fraction of sp³-hybridized carbons (Fsp3) is 0.0800. The van der Waals surface area contributed by atoms with E-state index in [0.29, 0.717) is 21.8 Å². The molecule has 1 N–H and O–H groups in total. The Morgan fingerprint density at radius 1 is 0.969 bits per heavy atom. The third-order valence-corrected chi connectivity index (χ3v) is 5.34. The van der Waals surface area contributed by atoms with Crippen LogP contribution in [0.3, 0.4) is 0 Å². The number of hydrogen-bond acceptors (Lipinski definition) is 3. The van der Waals surface area contributed by atoms with E-state index in [1.165, 1.54) is 28.9 Å². The highest BCUT2D eigenvalue weighted by Gasteiger charge is 2.22. The van der Waals surface area contributed by atoms with Crippen LogP contribution >= 0.6 is 11.6 Å². The number of anilines is 1. The number of halogens is 2. The summed E-state index contributed by atoms with van der Waals surface area (Å²) in [6.45, 7) is 3.50. The second-order valence-corrected chi connectivity index (χ2v) is 7.73. The van der Waals surface area contributed by atoms with Gasteiger partial charge in [0.05, 0.1) is 11.3 Å². The van der Waals surface area contributed by atoms with Crippen LogP contribution in [0, 0.1) is 19.7 Å². The topological polar surface area (TPSA) is 64.0 Å². The minimum Gasteiger partial charge on any atom is -0.306 e. The Balaban J connectivity index is 1.97. The first kappa shape index (κ1) is 21.5. The van der Waals surface area contributed by atoms with Crippen molar-refractivity contribution in [2.75, 3.05) is 5.32 Å². The van der Waals surface area contributed by atoms with Gasteiger partial charge in [-0.1, -0.05) is 47.5 Å². The Kier molecular flexibility index (Phi) is 5.88. The molecule has 1 amide bonds. The minimum atomic E-state index is -0.417. The predicted molar refractivity (Wildman–Crippen MR) is 124 cm³/mol. The summed E-state index contributed by atoms with van der Waals surface area (Å²) in [7, 11) is 0. The Morgan fingerprint density at radius 3 is 2.28 bits per heavy atom. The Morgan fingerprint density at radius 2 is 1.62 bits per heavy atom. The van der Waals surface area contributed by atoms with Crippen molar-refractivity contribution < 1.29 is 9.18 Å². The van der Waals surface area contributed by atoms with Gasteiger partial charge >= 0.3 is 0 Å². The molecule has 0 aliphatic rings. The highest BCUT2D eigenvalue weighted by atomic mass is 35.5. The zero-order valence-electron chi connectivity index (χ0n) is 17.4. The molecular formula is C25H19ClFN3O2. The van der Waals surface area contributed by atoms with E-state index in [4.69, 9.17) is 11.6 Å². The van der Waals surface area contributed by atoms with Crippen molar-refractivity contribution in [3.8, 4) is 16.8 Å². The summed E-state index contributed by atoms with van der Waals surface area (Å²) in [5.41, 5.74) is 2.40. The van der Waals surface area contributed by atoms with Crippen LogP contribution in [-0.2, 0) is 0 Å². The zero-order valence-corrected chi connectivity index (χ0v) is 18.2. The Hall–Kier alpha value is -3.77. The molecule has 7 heteroatoms. The molecule has 0 unspecified atom stereocenters. The van der Waals surface area contributed by atoms with Gasteiger partial charge in [0.15, 0.2) is 0 Å². The molecular weight excluding hydrogens is 429 g/mol. The van der Waals surface area contributed by atoms with Gasteiger partial charge in [0, 0.05) is 16.1 Å². The maximum atomic E-state index is 13.5. The lowest BCUT2D eigenvalue weighted by molar-refractivity contribution is 0.102. The number of carbonyl (C=O) groups excluding carboxylic acids is 1. The molecule has 0 saturated carbocycles. The van der Waals surface area contributed by atoms with Gasteiger partial charge in [-0.2, -0.15) is 5.10 Å². The number of nitrogens with one attached hydrogen (secondary N) is 1. The average Bonchev–Trinajstić information content (AvgIpc) is 2.78. The van der Waals surface area contributed by atoms with Gasteiger partial charge < -0.3 is 5.32 Å². The first-order valence-electron chi connectivity index (χ1n) is 9.88. The smallest absolute Gasteiger partial charge is 0.256 e. The number of amides is 1. The van der Waals surface area contributed by atoms with E-state index in [9.17, 15) is 14.0 Å². The standard InChI is InChI=1S/C25H19ClFN3O2/c1-15-7-9-17(10-8-15)25(32)28-24-22(20-5-3-4-6-21(20)26)23(31)16(2)29-30(24)19-13-11-18(27)12-14-19/h3-14H,1-2H3,(H,28,32). The van der Waals surface area contributed by atoms with Gasteiger partial charge in [-0.25, -0.2) is 9.07 Å². The maximum absolute atomic E-state index is 13.5. The molecule has 4 rings (SSSR count). The molecule has 160 valence electrons. The Labute approximate surface area is 189 Å². The van der Waals surface area contributed by atoms with Crippen LogP contribution in [0.15, 0.2) is 77.6 Å². The number of rotatable bonds is 4. The molecule has 32 heavy (non-hydrogen) atoms. The van der Waals surface area contributed by atoms with E-state index in [0.717, 1.165) is 5.56 Å². The fourth-order valence-corrected chi connectivity index (χ4v) is 3.55. The molecule has 1 aromatic heterocycles. The first-order valence-corrected chi connectivity index (χ1v) is 10.3. The van der Waals surface area contributed by atoms with E-state index in [-0.39, 0.29) is 22.5 Å².